The van der Waals surface area contributed by atoms with E-state index in [1.54, 1.807) is 47.2 Å². The van der Waals surface area contributed by atoms with Crippen LogP contribution in [0.2, 0.25) is 0 Å². The smallest absolute Gasteiger partial charge is 0.331 e. The van der Waals surface area contributed by atoms with Gasteiger partial charge in [-0.25, -0.2) is 4.79 Å². The first-order valence-corrected chi connectivity index (χ1v) is 10.8. The van der Waals surface area contributed by atoms with Gasteiger partial charge in [0.15, 0.2) is 11.5 Å². The molecule has 0 radical (unpaired) electrons. The SMILES string of the molecule is COc1ccc(CCN2C(=O)NC(=O)C(=Cc3cccn3-c3cccc([N+](=O)[O-])c3)C2=O)cc1OC. The zero-order chi connectivity index (χ0) is 25.8. The highest BCUT2D eigenvalue weighted by molar-refractivity contribution is 6.30. The van der Waals surface area contributed by atoms with Crippen molar-refractivity contribution >= 4 is 29.6 Å². The fourth-order valence-corrected chi connectivity index (χ4v) is 3.83. The highest BCUT2D eigenvalue weighted by Gasteiger charge is 2.35. The summed E-state index contributed by atoms with van der Waals surface area (Å²) in [7, 11) is 3.03. The number of carbonyl (C=O) groups excluding carboxylic acids is 3. The van der Waals surface area contributed by atoms with Crippen LogP contribution in [0.5, 0.6) is 11.5 Å². The van der Waals surface area contributed by atoms with E-state index in [0.717, 1.165) is 10.5 Å². The second kappa shape index (κ2) is 10.1. The maximum atomic E-state index is 13.1. The number of amides is 4. The molecule has 11 nitrogen and oxygen atoms in total. The average Bonchev–Trinajstić information content (AvgIpc) is 3.34. The van der Waals surface area contributed by atoms with E-state index in [0.29, 0.717) is 29.3 Å². The van der Waals surface area contributed by atoms with Gasteiger partial charge in [-0.15, -0.1) is 0 Å². The van der Waals surface area contributed by atoms with Gasteiger partial charge in [0.05, 0.1) is 24.8 Å². The van der Waals surface area contributed by atoms with E-state index in [4.69, 9.17) is 9.47 Å². The van der Waals surface area contributed by atoms with E-state index in [9.17, 15) is 24.5 Å². The lowest BCUT2D eigenvalue weighted by Crippen LogP contribution is -2.54. The Morgan fingerprint density at radius 2 is 1.78 bits per heavy atom. The molecule has 0 spiro atoms. The van der Waals surface area contributed by atoms with Crippen molar-refractivity contribution in [2.45, 2.75) is 6.42 Å². The van der Waals surface area contributed by atoms with Crippen LogP contribution in [0, 0.1) is 10.1 Å². The quantitative estimate of drug-likeness (QED) is 0.222. The molecule has 1 aliphatic rings. The molecule has 1 aliphatic heterocycles. The summed E-state index contributed by atoms with van der Waals surface area (Å²) in [5, 5.41) is 13.3. The van der Waals surface area contributed by atoms with Gasteiger partial charge in [-0.2, -0.15) is 0 Å². The van der Waals surface area contributed by atoms with Crippen molar-refractivity contribution in [3.63, 3.8) is 0 Å². The molecule has 0 atom stereocenters. The van der Waals surface area contributed by atoms with Crippen LogP contribution >= 0.6 is 0 Å². The molecular weight excluding hydrogens is 468 g/mol. The molecule has 1 N–H and O–H groups in total. The van der Waals surface area contributed by atoms with Crippen molar-refractivity contribution in [2.24, 2.45) is 0 Å². The van der Waals surface area contributed by atoms with E-state index in [2.05, 4.69) is 5.32 Å². The number of methoxy groups -OCH3 is 2. The number of imide groups is 2. The van der Waals surface area contributed by atoms with Gasteiger partial charge < -0.3 is 14.0 Å². The van der Waals surface area contributed by atoms with Crippen molar-refractivity contribution in [3.05, 3.63) is 87.7 Å². The number of non-ortho nitro benzene ring substituents is 1. The standard InChI is InChI=1S/C25H22N4O7/c1-35-21-9-8-16(13-22(21)36-2)10-12-28-24(31)20(23(30)26-25(28)32)15-18-7-4-11-27(18)17-5-3-6-19(14-17)29(33)34/h3-9,11,13-15H,10,12H2,1-2H3,(H,26,30,32). The Bertz CT molecular complexity index is 1390. The first-order chi connectivity index (χ1) is 17.3. The van der Waals surface area contributed by atoms with Crippen molar-refractivity contribution in [3.8, 4) is 17.2 Å². The maximum absolute atomic E-state index is 13.1. The van der Waals surface area contributed by atoms with Crippen LogP contribution in [0.25, 0.3) is 11.8 Å². The fourth-order valence-electron chi connectivity index (χ4n) is 3.83. The highest BCUT2D eigenvalue weighted by Crippen LogP contribution is 2.28. The normalized spacial score (nSPS) is 14.7. The molecule has 11 heteroatoms. The molecule has 0 bridgehead atoms. The van der Waals surface area contributed by atoms with E-state index in [1.165, 1.54) is 38.5 Å². The number of barbiturate groups is 1. The minimum absolute atomic E-state index is 0.0245. The van der Waals surface area contributed by atoms with Crippen LogP contribution in [0.4, 0.5) is 10.5 Å². The average molecular weight is 490 g/mol. The monoisotopic (exact) mass is 490 g/mol. The Morgan fingerprint density at radius 1 is 1.00 bits per heavy atom. The molecule has 1 fully saturated rings. The van der Waals surface area contributed by atoms with Gasteiger partial charge in [-0.1, -0.05) is 12.1 Å². The van der Waals surface area contributed by atoms with Crippen molar-refractivity contribution in [1.29, 1.82) is 0 Å². The largest absolute Gasteiger partial charge is 0.493 e. The minimum Gasteiger partial charge on any atom is -0.493 e. The number of hydrogen-bond acceptors (Lipinski definition) is 7. The minimum atomic E-state index is -0.820. The van der Waals surface area contributed by atoms with Crippen LogP contribution < -0.4 is 14.8 Å². The van der Waals surface area contributed by atoms with E-state index >= 15 is 0 Å². The van der Waals surface area contributed by atoms with Gasteiger partial charge in [0.1, 0.15) is 5.57 Å². The number of urea groups is 1. The molecule has 4 amide bonds. The molecule has 4 rings (SSSR count). The summed E-state index contributed by atoms with van der Waals surface area (Å²) in [5.74, 6) is -0.493. The number of ether oxygens (including phenoxy) is 2. The van der Waals surface area contributed by atoms with E-state index in [1.807, 2.05) is 0 Å². The molecule has 3 aromatic rings. The zero-order valence-corrected chi connectivity index (χ0v) is 19.5. The number of rotatable bonds is 8. The summed E-state index contributed by atoms with van der Waals surface area (Å²) < 4.78 is 12.1. The maximum Gasteiger partial charge on any atom is 0.331 e. The third kappa shape index (κ3) is 4.80. The first-order valence-electron chi connectivity index (χ1n) is 10.8. The summed E-state index contributed by atoms with van der Waals surface area (Å²) in [4.78, 5) is 49.7. The highest BCUT2D eigenvalue weighted by atomic mass is 16.6. The zero-order valence-electron chi connectivity index (χ0n) is 19.5. The summed E-state index contributed by atoms with van der Waals surface area (Å²) in [5.41, 5.74) is 1.38. The number of nitrogens with zero attached hydrogens (tertiary/aromatic N) is 3. The second-order valence-corrected chi connectivity index (χ2v) is 7.79. The number of carbonyl (C=O) groups is 3. The Kier molecular flexibility index (Phi) is 6.81. The third-order valence-electron chi connectivity index (χ3n) is 5.65. The molecule has 184 valence electrons. The molecular formula is C25H22N4O7. The van der Waals surface area contributed by atoms with Crippen LogP contribution in [0.15, 0.2) is 66.4 Å². The number of aromatic nitrogens is 1. The summed E-state index contributed by atoms with van der Waals surface area (Å²) >= 11 is 0. The number of nitro groups is 1. The van der Waals surface area contributed by atoms with Gasteiger partial charge in [-0.3, -0.25) is 29.9 Å². The Labute approximate surface area is 205 Å². The molecule has 0 aliphatic carbocycles. The Hall–Kier alpha value is -4.93. The number of nitrogens with one attached hydrogen (secondary N) is 1. The van der Waals surface area contributed by atoms with Gasteiger partial charge >= 0.3 is 6.03 Å². The molecule has 2 heterocycles. The number of benzene rings is 2. The van der Waals surface area contributed by atoms with Gasteiger partial charge in [-0.05, 0) is 48.4 Å². The van der Waals surface area contributed by atoms with Crippen LogP contribution in [0.1, 0.15) is 11.3 Å². The van der Waals surface area contributed by atoms with E-state index < -0.39 is 22.8 Å². The number of nitro benzene ring substituents is 1. The predicted octanol–water partition coefficient (Wildman–Crippen LogP) is 3.11. The van der Waals surface area contributed by atoms with Crippen molar-refractivity contribution in [2.75, 3.05) is 20.8 Å². The third-order valence-corrected chi connectivity index (χ3v) is 5.65. The fraction of sp³-hybridized carbons (Fsp3) is 0.160. The first kappa shape index (κ1) is 24.2. The molecule has 36 heavy (non-hydrogen) atoms. The van der Waals surface area contributed by atoms with E-state index in [-0.39, 0.29) is 17.8 Å². The lowest BCUT2D eigenvalue weighted by molar-refractivity contribution is -0.384. The number of hydrogen-bond donors (Lipinski definition) is 1. The summed E-state index contributed by atoms with van der Waals surface area (Å²) in [6, 6.07) is 13.7. The molecule has 1 aromatic heterocycles. The van der Waals surface area contributed by atoms with Crippen LogP contribution in [-0.4, -0.2) is 53.0 Å². The van der Waals surface area contributed by atoms with Crippen LogP contribution in [0.3, 0.4) is 0 Å². The predicted molar refractivity (Wildman–Crippen MR) is 129 cm³/mol. The van der Waals surface area contributed by atoms with Gasteiger partial charge in [0.25, 0.3) is 17.5 Å². The molecule has 1 saturated heterocycles. The van der Waals surface area contributed by atoms with Crippen molar-refractivity contribution < 1.29 is 28.8 Å². The molecule has 0 saturated carbocycles. The lowest BCUT2D eigenvalue weighted by atomic mass is 10.1. The Morgan fingerprint density at radius 3 is 2.50 bits per heavy atom. The van der Waals surface area contributed by atoms with Gasteiger partial charge in [0.2, 0.25) is 0 Å². The Balaban J connectivity index is 1.59. The van der Waals surface area contributed by atoms with Crippen LogP contribution in [-0.2, 0) is 16.0 Å². The summed E-state index contributed by atoms with van der Waals surface area (Å²) in [6.07, 6.45) is 3.33. The molecule has 2 aromatic carbocycles. The lowest BCUT2D eigenvalue weighted by Gasteiger charge is -2.26. The second-order valence-electron chi connectivity index (χ2n) is 7.79. The van der Waals surface area contributed by atoms with Gasteiger partial charge in [0, 0.05) is 30.6 Å². The topological polar surface area (TPSA) is 133 Å². The van der Waals surface area contributed by atoms with Crippen molar-refractivity contribution in [1.82, 2.24) is 14.8 Å². The molecule has 0 unspecified atom stereocenters. The summed E-state index contributed by atoms with van der Waals surface area (Å²) in [6.45, 7) is 0.0245.